The van der Waals surface area contributed by atoms with Crippen LogP contribution in [0.2, 0.25) is 0 Å². The number of aryl methyl sites for hydroxylation is 1. The lowest BCUT2D eigenvalue weighted by Gasteiger charge is -2.07. The summed E-state index contributed by atoms with van der Waals surface area (Å²) in [5.74, 6) is -0.974. The number of nitrogens with zero attached hydrogens (tertiary/aromatic N) is 3. The molecule has 0 aliphatic carbocycles. The van der Waals surface area contributed by atoms with Crippen molar-refractivity contribution in [2.24, 2.45) is 5.10 Å². The summed E-state index contributed by atoms with van der Waals surface area (Å²) < 4.78 is 1.38. The number of hydrogen-bond donors (Lipinski definition) is 1. The number of carbonyl (C=O) groups is 1. The number of rotatable bonds is 3. The van der Waals surface area contributed by atoms with Crippen LogP contribution in [0.4, 0.5) is 5.69 Å². The SMILES string of the molecule is [C-]#[N+]c1cc(C2=N[N+](C)=C(C(=O)O)C2)ccc1-c1cccc(C)c1. The monoisotopic (exact) mass is 318 g/mol. The first-order valence-electron chi connectivity index (χ1n) is 7.49. The maximum Gasteiger partial charge on any atom is 0.399 e. The molecular weight excluding hydrogens is 302 g/mol. The standard InChI is InChI=1S/C19H15N3O2/c1-12-5-4-6-13(9-12)15-8-7-14(10-17(15)20-2)16-11-18(19(23)24)22(3)21-16/h4-10H,11H2,1,3H3/p+1. The van der Waals surface area contributed by atoms with E-state index in [4.69, 9.17) is 11.7 Å². The van der Waals surface area contributed by atoms with Gasteiger partial charge in [-0.05, 0) is 34.8 Å². The van der Waals surface area contributed by atoms with Gasteiger partial charge in [0.05, 0.1) is 13.0 Å². The molecule has 0 saturated heterocycles. The Labute approximate surface area is 140 Å². The molecule has 0 bridgehead atoms. The van der Waals surface area contributed by atoms with Crippen molar-refractivity contribution in [3.8, 4) is 11.1 Å². The van der Waals surface area contributed by atoms with Crippen molar-refractivity contribution in [2.75, 3.05) is 7.05 Å². The molecular formula is C19H16N3O2+. The number of carboxylic acid groups (broad SMARTS) is 1. The second-order valence-corrected chi connectivity index (χ2v) is 5.71. The fourth-order valence-electron chi connectivity index (χ4n) is 2.78. The Balaban J connectivity index is 1.99. The second-order valence-electron chi connectivity index (χ2n) is 5.71. The summed E-state index contributed by atoms with van der Waals surface area (Å²) in [4.78, 5) is 14.8. The van der Waals surface area contributed by atoms with E-state index in [1.807, 2.05) is 43.3 Å². The van der Waals surface area contributed by atoms with E-state index in [0.29, 0.717) is 11.4 Å². The van der Waals surface area contributed by atoms with E-state index in [9.17, 15) is 4.79 Å². The van der Waals surface area contributed by atoms with E-state index >= 15 is 0 Å². The van der Waals surface area contributed by atoms with E-state index in [0.717, 1.165) is 22.3 Å². The first kappa shape index (κ1) is 15.6. The van der Waals surface area contributed by atoms with Crippen molar-refractivity contribution in [2.45, 2.75) is 13.3 Å². The van der Waals surface area contributed by atoms with Crippen LogP contribution in [0.15, 0.2) is 47.6 Å². The Kier molecular flexibility index (Phi) is 3.97. The van der Waals surface area contributed by atoms with Gasteiger partial charge in [-0.15, -0.1) is 0 Å². The van der Waals surface area contributed by atoms with Gasteiger partial charge in [0.25, 0.3) is 5.71 Å². The first-order valence-corrected chi connectivity index (χ1v) is 7.49. The van der Waals surface area contributed by atoms with E-state index in [1.165, 1.54) is 4.68 Å². The van der Waals surface area contributed by atoms with Gasteiger partial charge in [0, 0.05) is 0 Å². The summed E-state index contributed by atoms with van der Waals surface area (Å²) in [5, 5.41) is 13.4. The maximum absolute atomic E-state index is 11.2. The highest BCUT2D eigenvalue weighted by Gasteiger charge is 2.30. The first-order chi connectivity index (χ1) is 11.5. The molecule has 118 valence electrons. The normalized spacial score (nSPS) is 13.6. The fraction of sp³-hybridized carbons (Fsp3) is 0.158. The fourth-order valence-corrected chi connectivity index (χ4v) is 2.78. The molecule has 0 spiro atoms. The highest BCUT2D eigenvalue weighted by Crippen LogP contribution is 2.32. The van der Waals surface area contributed by atoms with Crippen molar-refractivity contribution < 1.29 is 14.6 Å². The smallest absolute Gasteiger partial charge is 0.399 e. The van der Waals surface area contributed by atoms with Gasteiger partial charge in [-0.25, -0.2) is 9.64 Å². The minimum absolute atomic E-state index is 0.233. The predicted octanol–water partition coefficient (Wildman–Crippen LogP) is 3.49. The predicted molar refractivity (Wildman–Crippen MR) is 92.9 cm³/mol. The van der Waals surface area contributed by atoms with Crippen LogP contribution in [0.5, 0.6) is 0 Å². The number of carboxylic acids is 1. The molecule has 24 heavy (non-hydrogen) atoms. The highest BCUT2D eigenvalue weighted by atomic mass is 16.4. The summed E-state index contributed by atoms with van der Waals surface area (Å²) in [5.41, 5.74) is 5.21. The molecule has 1 heterocycles. The van der Waals surface area contributed by atoms with Crippen LogP contribution in [0.1, 0.15) is 17.5 Å². The van der Waals surface area contributed by atoms with Crippen molar-refractivity contribution in [1.29, 1.82) is 0 Å². The molecule has 0 amide bonds. The minimum atomic E-state index is -0.974. The van der Waals surface area contributed by atoms with Crippen LogP contribution in [-0.2, 0) is 4.79 Å². The molecule has 5 nitrogen and oxygen atoms in total. The maximum atomic E-state index is 11.2. The quantitative estimate of drug-likeness (QED) is 0.696. The van der Waals surface area contributed by atoms with Gasteiger partial charge < -0.3 is 5.11 Å². The van der Waals surface area contributed by atoms with Crippen LogP contribution in [0, 0.1) is 13.5 Å². The van der Waals surface area contributed by atoms with Crippen molar-refractivity contribution in [3.05, 3.63) is 65.0 Å². The van der Waals surface area contributed by atoms with Crippen LogP contribution < -0.4 is 0 Å². The molecule has 0 atom stereocenters. The molecule has 1 N–H and O–H groups in total. The number of hydrogen-bond acceptors (Lipinski definition) is 2. The summed E-state index contributed by atoms with van der Waals surface area (Å²) in [6.07, 6.45) is 0.257. The van der Waals surface area contributed by atoms with Crippen molar-refractivity contribution in [1.82, 2.24) is 0 Å². The highest BCUT2D eigenvalue weighted by molar-refractivity contribution is 6.39. The molecule has 2 aromatic rings. The molecule has 0 unspecified atom stereocenters. The van der Waals surface area contributed by atoms with Crippen molar-refractivity contribution >= 4 is 23.1 Å². The molecule has 0 aromatic heterocycles. The van der Waals surface area contributed by atoms with Gasteiger partial charge in [0.1, 0.15) is 5.71 Å². The molecule has 0 fully saturated rings. The van der Waals surface area contributed by atoms with Crippen LogP contribution in [0.25, 0.3) is 16.0 Å². The minimum Gasteiger partial charge on any atom is -0.473 e. The number of hydrazone groups is 1. The number of aliphatic carboxylic acids is 1. The zero-order valence-corrected chi connectivity index (χ0v) is 13.4. The van der Waals surface area contributed by atoms with Gasteiger partial charge in [-0.1, -0.05) is 46.6 Å². The second kappa shape index (κ2) is 6.09. The van der Waals surface area contributed by atoms with Crippen LogP contribution >= 0.6 is 0 Å². The lowest BCUT2D eigenvalue weighted by atomic mass is 9.97. The van der Waals surface area contributed by atoms with Gasteiger partial charge in [0.15, 0.2) is 12.7 Å². The summed E-state index contributed by atoms with van der Waals surface area (Å²) in [7, 11) is 1.62. The molecule has 0 radical (unpaired) electrons. The molecule has 0 saturated carbocycles. The largest absolute Gasteiger partial charge is 0.473 e. The van der Waals surface area contributed by atoms with E-state index in [2.05, 4.69) is 9.95 Å². The third-order valence-corrected chi connectivity index (χ3v) is 4.02. The van der Waals surface area contributed by atoms with Crippen LogP contribution in [0.3, 0.4) is 0 Å². The zero-order valence-electron chi connectivity index (χ0n) is 13.4. The molecule has 1 aliphatic heterocycles. The van der Waals surface area contributed by atoms with Crippen LogP contribution in [-0.4, -0.2) is 34.2 Å². The Bertz CT molecular complexity index is 949. The average molecular weight is 318 g/mol. The average Bonchev–Trinajstić information content (AvgIpc) is 2.96. The van der Waals surface area contributed by atoms with Gasteiger partial charge in [-0.2, -0.15) is 0 Å². The van der Waals surface area contributed by atoms with Crippen molar-refractivity contribution in [3.63, 3.8) is 0 Å². The Morgan fingerprint density at radius 3 is 2.67 bits per heavy atom. The Hall–Kier alpha value is -3.26. The molecule has 1 aliphatic rings. The van der Waals surface area contributed by atoms with Gasteiger partial charge in [0.2, 0.25) is 0 Å². The Morgan fingerprint density at radius 1 is 1.25 bits per heavy atom. The lowest BCUT2D eigenvalue weighted by Crippen LogP contribution is -2.19. The Morgan fingerprint density at radius 2 is 2.04 bits per heavy atom. The molecule has 2 aromatic carbocycles. The van der Waals surface area contributed by atoms with E-state index < -0.39 is 5.97 Å². The molecule has 5 heteroatoms. The summed E-state index contributed by atoms with van der Waals surface area (Å²) in [6, 6.07) is 13.6. The number of benzene rings is 2. The van der Waals surface area contributed by atoms with Gasteiger partial charge >= 0.3 is 5.97 Å². The van der Waals surface area contributed by atoms with Gasteiger partial charge in [-0.3, -0.25) is 0 Å². The third kappa shape index (κ3) is 2.82. The van der Waals surface area contributed by atoms with E-state index in [-0.39, 0.29) is 12.1 Å². The summed E-state index contributed by atoms with van der Waals surface area (Å²) >= 11 is 0. The third-order valence-electron chi connectivity index (χ3n) is 4.02. The lowest BCUT2D eigenvalue weighted by molar-refractivity contribution is -0.498. The topological polar surface area (TPSA) is 57.0 Å². The van der Waals surface area contributed by atoms with E-state index in [1.54, 1.807) is 13.1 Å². The molecule has 3 rings (SSSR count). The summed E-state index contributed by atoms with van der Waals surface area (Å²) in [6.45, 7) is 9.49. The zero-order chi connectivity index (χ0) is 17.3.